The summed E-state index contributed by atoms with van der Waals surface area (Å²) in [6, 6.07) is 12.1. The predicted molar refractivity (Wildman–Crippen MR) is 105 cm³/mol. The normalized spacial score (nSPS) is 10.2. The second-order valence-corrected chi connectivity index (χ2v) is 6.07. The lowest BCUT2D eigenvalue weighted by atomic mass is 10.2. The van der Waals surface area contributed by atoms with Crippen LogP contribution in [0.2, 0.25) is 0 Å². The Hall–Kier alpha value is -2.80. The molecule has 0 atom stereocenters. The highest BCUT2D eigenvalue weighted by molar-refractivity contribution is 14.1. The van der Waals surface area contributed by atoms with E-state index in [1.807, 2.05) is 6.07 Å². The molecule has 0 spiro atoms. The van der Waals surface area contributed by atoms with Crippen LogP contribution in [0, 0.1) is 14.9 Å². The molecule has 0 bridgehead atoms. The van der Waals surface area contributed by atoms with E-state index in [0.29, 0.717) is 28.4 Å². The smallest absolute Gasteiger partial charge is 0.271 e. The summed E-state index contributed by atoms with van der Waals surface area (Å²) < 4.78 is 16.6. The molecule has 0 saturated carbocycles. The lowest BCUT2D eigenvalue weighted by Crippen LogP contribution is -2.17. The van der Waals surface area contributed by atoms with Crippen molar-refractivity contribution >= 4 is 34.7 Å². The zero-order valence-electron chi connectivity index (χ0n) is 14.2. The van der Waals surface area contributed by atoms with Crippen LogP contribution in [0.3, 0.4) is 0 Å². The SMILES string of the molecule is COc1cc(C(=O)N/N=C\c2ccc(OCC#N)c(OC)c2)ccc1I. The molecule has 0 aliphatic rings. The van der Waals surface area contributed by atoms with E-state index in [4.69, 9.17) is 19.5 Å². The zero-order valence-corrected chi connectivity index (χ0v) is 16.3. The van der Waals surface area contributed by atoms with Crippen molar-refractivity contribution in [2.45, 2.75) is 0 Å². The number of halogens is 1. The van der Waals surface area contributed by atoms with Gasteiger partial charge in [0.2, 0.25) is 0 Å². The van der Waals surface area contributed by atoms with Gasteiger partial charge in [0.15, 0.2) is 18.1 Å². The number of carbonyl (C=O) groups is 1. The van der Waals surface area contributed by atoms with Gasteiger partial charge in [-0.1, -0.05) is 0 Å². The Morgan fingerprint density at radius 1 is 1.19 bits per heavy atom. The molecule has 0 aliphatic heterocycles. The summed E-state index contributed by atoms with van der Waals surface area (Å²) >= 11 is 2.13. The third-order valence-electron chi connectivity index (χ3n) is 3.27. The van der Waals surface area contributed by atoms with Gasteiger partial charge in [-0.15, -0.1) is 0 Å². The number of benzene rings is 2. The molecular weight excluding hydrogens is 449 g/mol. The molecule has 1 N–H and O–H groups in total. The standard InChI is InChI=1S/C18H16IN3O4/c1-24-16-10-13(4-5-14(16)19)18(23)22-21-11-12-3-6-15(26-8-7-20)17(9-12)25-2/h3-6,9-11H,8H2,1-2H3,(H,22,23)/b21-11-. The van der Waals surface area contributed by atoms with Crippen molar-refractivity contribution in [1.82, 2.24) is 5.43 Å². The van der Waals surface area contributed by atoms with Gasteiger partial charge in [-0.2, -0.15) is 10.4 Å². The summed E-state index contributed by atoms with van der Waals surface area (Å²) in [6.45, 7) is -0.0701. The molecule has 0 radical (unpaired) electrons. The number of carbonyl (C=O) groups excluding carboxylic acids is 1. The minimum atomic E-state index is -0.350. The molecule has 2 rings (SSSR count). The molecule has 2 aromatic carbocycles. The number of nitrogens with one attached hydrogen (secondary N) is 1. The summed E-state index contributed by atoms with van der Waals surface area (Å²) in [7, 11) is 3.05. The Morgan fingerprint density at radius 3 is 2.65 bits per heavy atom. The Morgan fingerprint density at radius 2 is 1.96 bits per heavy atom. The average molecular weight is 465 g/mol. The molecule has 0 saturated heterocycles. The highest BCUT2D eigenvalue weighted by Gasteiger charge is 2.08. The number of rotatable bonds is 7. The summed E-state index contributed by atoms with van der Waals surface area (Å²) in [4.78, 5) is 12.2. The van der Waals surface area contributed by atoms with Crippen LogP contribution in [0.25, 0.3) is 0 Å². The molecule has 0 fully saturated rings. The first kappa shape index (κ1) is 19.5. The maximum Gasteiger partial charge on any atom is 0.271 e. The molecule has 2 aromatic rings. The minimum Gasteiger partial charge on any atom is -0.496 e. The number of hydrogen-bond acceptors (Lipinski definition) is 6. The van der Waals surface area contributed by atoms with Gasteiger partial charge in [-0.25, -0.2) is 5.43 Å². The van der Waals surface area contributed by atoms with Crippen molar-refractivity contribution in [2.24, 2.45) is 5.10 Å². The molecule has 0 heterocycles. The third kappa shape index (κ3) is 5.10. The van der Waals surface area contributed by atoms with Crippen molar-refractivity contribution in [3.63, 3.8) is 0 Å². The van der Waals surface area contributed by atoms with E-state index < -0.39 is 0 Å². The van der Waals surface area contributed by atoms with Gasteiger partial charge in [-0.3, -0.25) is 4.79 Å². The monoisotopic (exact) mass is 465 g/mol. The van der Waals surface area contributed by atoms with Gasteiger partial charge in [0.1, 0.15) is 11.8 Å². The van der Waals surface area contributed by atoms with Crippen molar-refractivity contribution in [2.75, 3.05) is 20.8 Å². The van der Waals surface area contributed by atoms with E-state index >= 15 is 0 Å². The maximum atomic E-state index is 12.2. The average Bonchev–Trinajstić information content (AvgIpc) is 2.66. The highest BCUT2D eigenvalue weighted by atomic mass is 127. The summed E-state index contributed by atoms with van der Waals surface area (Å²) in [5, 5.41) is 12.5. The molecule has 7 nitrogen and oxygen atoms in total. The van der Waals surface area contributed by atoms with E-state index in [-0.39, 0.29) is 12.5 Å². The number of hydrogen-bond donors (Lipinski definition) is 1. The van der Waals surface area contributed by atoms with Crippen molar-refractivity contribution in [3.05, 3.63) is 51.1 Å². The Kier molecular flexibility index (Phi) is 7.23. The maximum absolute atomic E-state index is 12.2. The van der Waals surface area contributed by atoms with E-state index in [9.17, 15) is 4.79 Å². The first-order valence-corrected chi connectivity index (χ1v) is 8.51. The van der Waals surface area contributed by atoms with Gasteiger partial charge in [0.05, 0.1) is 24.0 Å². The van der Waals surface area contributed by atoms with E-state index in [2.05, 4.69) is 33.1 Å². The first-order valence-electron chi connectivity index (χ1n) is 7.43. The first-order chi connectivity index (χ1) is 12.6. The van der Waals surface area contributed by atoms with E-state index in [1.54, 1.807) is 43.5 Å². The van der Waals surface area contributed by atoms with Crippen LogP contribution in [0.5, 0.6) is 17.2 Å². The van der Waals surface area contributed by atoms with Crippen LogP contribution in [0.4, 0.5) is 0 Å². The van der Waals surface area contributed by atoms with Crippen LogP contribution < -0.4 is 19.6 Å². The number of nitriles is 1. The molecular formula is C18H16IN3O4. The van der Waals surface area contributed by atoms with Crippen LogP contribution in [-0.4, -0.2) is 32.9 Å². The van der Waals surface area contributed by atoms with E-state index in [0.717, 1.165) is 3.57 Å². The number of hydrazone groups is 1. The van der Waals surface area contributed by atoms with Crippen molar-refractivity contribution < 1.29 is 19.0 Å². The fourth-order valence-electron chi connectivity index (χ4n) is 2.02. The highest BCUT2D eigenvalue weighted by Crippen LogP contribution is 2.27. The summed E-state index contributed by atoms with van der Waals surface area (Å²) in [5.41, 5.74) is 3.60. The predicted octanol–water partition coefficient (Wildman–Crippen LogP) is 2.97. The third-order valence-corrected chi connectivity index (χ3v) is 4.16. The molecule has 0 aromatic heterocycles. The Bertz CT molecular complexity index is 862. The fraction of sp³-hybridized carbons (Fsp3) is 0.167. The number of methoxy groups -OCH3 is 2. The van der Waals surface area contributed by atoms with Crippen LogP contribution in [0.1, 0.15) is 15.9 Å². The van der Waals surface area contributed by atoms with Gasteiger partial charge in [0.25, 0.3) is 5.91 Å². The molecule has 1 amide bonds. The molecule has 0 unspecified atom stereocenters. The van der Waals surface area contributed by atoms with Crippen LogP contribution in [0.15, 0.2) is 41.5 Å². The summed E-state index contributed by atoms with van der Waals surface area (Å²) in [6.07, 6.45) is 1.48. The van der Waals surface area contributed by atoms with Gasteiger partial charge < -0.3 is 14.2 Å². The van der Waals surface area contributed by atoms with E-state index in [1.165, 1.54) is 13.3 Å². The lowest BCUT2D eigenvalue weighted by Gasteiger charge is -2.08. The Labute approximate surface area is 164 Å². The van der Waals surface area contributed by atoms with Gasteiger partial charge in [0, 0.05) is 5.56 Å². The summed E-state index contributed by atoms with van der Waals surface area (Å²) in [5.74, 6) is 1.20. The number of amides is 1. The topological polar surface area (TPSA) is 92.9 Å². The molecule has 0 aliphatic carbocycles. The molecule has 134 valence electrons. The number of nitrogens with zero attached hydrogens (tertiary/aromatic N) is 2. The van der Waals surface area contributed by atoms with Crippen LogP contribution in [-0.2, 0) is 0 Å². The zero-order chi connectivity index (χ0) is 18.9. The largest absolute Gasteiger partial charge is 0.496 e. The van der Waals surface area contributed by atoms with Crippen molar-refractivity contribution in [3.8, 4) is 23.3 Å². The molecule has 26 heavy (non-hydrogen) atoms. The second-order valence-electron chi connectivity index (χ2n) is 4.91. The fourth-order valence-corrected chi connectivity index (χ4v) is 2.58. The Balaban J connectivity index is 2.06. The minimum absolute atomic E-state index is 0.0701. The number of ether oxygens (including phenoxy) is 3. The lowest BCUT2D eigenvalue weighted by molar-refractivity contribution is 0.0954. The second kappa shape index (κ2) is 9.62. The van der Waals surface area contributed by atoms with Gasteiger partial charge in [-0.05, 0) is 64.6 Å². The quantitative estimate of drug-likeness (QED) is 0.386. The van der Waals surface area contributed by atoms with Crippen molar-refractivity contribution in [1.29, 1.82) is 5.26 Å². The van der Waals surface area contributed by atoms with Gasteiger partial charge >= 0.3 is 0 Å². The molecule has 8 heteroatoms. The van der Waals surface area contributed by atoms with Crippen LogP contribution >= 0.6 is 22.6 Å².